The first-order chi connectivity index (χ1) is 26.6. The van der Waals surface area contributed by atoms with Crippen molar-refractivity contribution in [1.82, 2.24) is 0 Å². The van der Waals surface area contributed by atoms with Crippen LogP contribution in [-0.2, 0) is 19.1 Å². The van der Waals surface area contributed by atoms with Gasteiger partial charge in [0.15, 0.2) is 6.10 Å². The predicted octanol–water partition coefficient (Wildman–Crippen LogP) is 14.5. The summed E-state index contributed by atoms with van der Waals surface area (Å²) in [6.07, 6.45) is 59.9. The molecule has 0 aromatic heterocycles. The molecule has 0 saturated carbocycles. The summed E-state index contributed by atoms with van der Waals surface area (Å²) in [6, 6.07) is 0. The summed E-state index contributed by atoms with van der Waals surface area (Å²) in [4.78, 5) is 24.3. The molecule has 310 valence electrons. The number of ether oxygens (including phenoxy) is 2. The first-order valence-corrected chi connectivity index (χ1v) is 22.5. The Morgan fingerprint density at radius 2 is 0.796 bits per heavy atom. The van der Waals surface area contributed by atoms with Gasteiger partial charge in [-0.15, -0.1) is 0 Å². The maximum Gasteiger partial charge on any atom is 0.306 e. The summed E-state index contributed by atoms with van der Waals surface area (Å²) >= 11 is 0. The topological polar surface area (TPSA) is 72.8 Å². The molecule has 0 spiro atoms. The van der Waals surface area contributed by atoms with Crippen LogP contribution in [0.3, 0.4) is 0 Å². The SMILES string of the molecule is CC/C=C\C/C=C\C/C=C\C/C=C\C/C=C\CCCCCCCCCCCCCCCC(=O)OC(CO)COC(=O)CCCCCCC/C=C\CCCC. The Morgan fingerprint density at radius 1 is 0.444 bits per heavy atom. The smallest absolute Gasteiger partial charge is 0.306 e. The molecule has 5 heteroatoms. The highest BCUT2D eigenvalue weighted by atomic mass is 16.6. The van der Waals surface area contributed by atoms with E-state index in [2.05, 4.69) is 86.8 Å². The fourth-order valence-corrected chi connectivity index (χ4v) is 6.09. The Kier molecular flexibility index (Phi) is 42.5. The molecule has 0 fully saturated rings. The molecule has 54 heavy (non-hydrogen) atoms. The van der Waals surface area contributed by atoms with Crippen LogP contribution in [0.25, 0.3) is 0 Å². The molecule has 0 bridgehead atoms. The van der Waals surface area contributed by atoms with Crippen molar-refractivity contribution in [3.8, 4) is 0 Å². The van der Waals surface area contributed by atoms with Gasteiger partial charge in [0, 0.05) is 12.8 Å². The van der Waals surface area contributed by atoms with E-state index in [0.29, 0.717) is 12.8 Å². The third-order valence-electron chi connectivity index (χ3n) is 9.48. The normalized spacial score (nSPS) is 12.9. The van der Waals surface area contributed by atoms with Gasteiger partial charge in [-0.3, -0.25) is 9.59 Å². The Bertz CT molecular complexity index is 988. The quantitative estimate of drug-likeness (QED) is 0.0383. The van der Waals surface area contributed by atoms with E-state index >= 15 is 0 Å². The number of carbonyl (C=O) groups is 2. The van der Waals surface area contributed by atoms with E-state index in [1.807, 2.05) is 0 Å². The van der Waals surface area contributed by atoms with Gasteiger partial charge in [0.05, 0.1) is 6.61 Å². The molecule has 0 rings (SSSR count). The minimum Gasteiger partial charge on any atom is -0.462 e. The maximum absolute atomic E-state index is 12.2. The van der Waals surface area contributed by atoms with Crippen molar-refractivity contribution in [3.63, 3.8) is 0 Å². The zero-order chi connectivity index (χ0) is 39.3. The second-order valence-corrected chi connectivity index (χ2v) is 14.7. The summed E-state index contributed by atoms with van der Waals surface area (Å²) in [5.41, 5.74) is 0. The average Bonchev–Trinajstić information content (AvgIpc) is 3.17. The van der Waals surface area contributed by atoms with Gasteiger partial charge in [0.2, 0.25) is 0 Å². The second kappa shape index (κ2) is 44.7. The van der Waals surface area contributed by atoms with Crippen LogP contribution in [0.2, 0.25) is 0 Å². The number of aliphatic hydroxyl groups excluding tert-OH is 1. The average molecular weight is 753 g/mol. The monoisotopic (exact) mass is 753 g/mol. The van der Waals surface area contributed by atoms with Gasteiger partial charge in [-0.1, -0.05) is 189 Å². The molecular weight excluding hydrogens is 669 g/mol. The van der Waals surface area contributed by atoms with Crippen LogP contribution in [0.1, 0.15) is 206 Å². The fraction of sp³-hybridized carbons (Fsp3) is 0.714. The van der Waals surface area contributed by atoms with Gasteiger partial charge in [-0.25, -0.2) is 0 Å². The molecule has 0 aliphatic carbocycles. The third kappa shape index (κ3) is 42.1. The Morgan fingerprint density at radius 3 is 1.22 bits per heavy atom. The van der Waals surface area contributed by atoms with Crippen LogP contribution in [0.15, 0.2) is 72.9 Å². The minimum atomic E-state index is -0.776. The van der Waals surface area contributed by atoms with Crippen molar-refractivity contribution in [3.05, 3.63) is 72.9 Å². The highest BCUT2D eigenvalue weighted by molar-refractivity contribution is 5.70. The molecular formula is C49H84O5. The number of hydrogen-bond acceptors (Lipinski definition) is 5. The van der Waals surface area contributed by atoms with Crippen LogP contribution in [0, 0.1) is 0 Å². The van der Waals surface area contributed by atoms with E-state index in [0.717, 1.165) is 77.0 Å². The number of carbonyl (C=O) groups excluding carboxylic acids is 2. The molecule has 1 unspecified atom stereocenters. The van der Waals surface area contributed by atoms with Crippen molar-refractivity contribution in [2.45, 2.75) is 213 Å². The van der Waals surface area contributed by atoms with E-state index in [1.165, 1.54) is 103 Å². The van der Waals surface area contributed by atoms with Gasteiger partial charge >= 0.3 is 11.9 Å². The number of hydrogen-bond donors (Lipinski definition) is 1. The van der Waals surface area contributed by atoms with Crippen molar-refractivity contribution in [2.75, 3.05) is 13.2 Å². The van der Waals surface area contributed by atoms with Crippen LogP contribution >= 0.6 is 0 Å². The molecule has 0 heterocycles. The van der Waals surface area contributed by atoms with Gasteiger partial charge in [-0.05, 0) is 77.0 Å². The number of aliphatic hydroxyl groups is 1. The lowest BCUT2D eigenvalue weighted by Gasteiger charge is -2.15. The molecule has 0 aliphatic heterocycles. The van der Waals surface area contributed by atoms with Gasteiger partial charge in [-0.2, -0.15) is 0 Å². The number of rotatable bonds is 40. The minimum absolute atomic E-state index is 0.0722. The lowest BCUT2D eigenvalue weighted by Crippen LogP contribution is -2.28. The van der Waals surface area contributed by atoms with E-state index in [9.17, 15) is 14.7 Å². The zero-order valence-corrected chi connectivity index (χ0v) is 35.2. The van der Waals surface area contributed by atoms with Crippen molar-refractivity contribution < 1.29 is 24.2 Å². The molecule has 1 N–H and O–H groups in total. The number of allylic oxidation sites excluding steroid dienone is 12. The third-order valence-corrected chi connectivity index (χ3v) is 9.48. The predicted molar refractivity (Wildman–Crippen MR) is 233 cm³/mol. The molecule has 0 amide bonds. The second-order valence-electron chi connectivity index (χ2n) is 14.7. The summed E-state index contributed by atoms with van der Waals surface area (Å²) in [6.45, 7) is 3.97. The Labute approximate surface area is 333 Å². The lowest BCUT2D eigenvalue weighted by molar-refractivity contribution is -0.161. The largest absolute Gasteiger partial charge is 0.462 e. The van der Waals surface area contributed by atoms with E-state index < -0.39 is 6.10 Å². The van der Waals surface area contributed by atoms with Crippen molar-refractivity contribution >= 4 is 11.9 Å². The molecule has 0 aromatic carbocycles. The molecule has 0 radical (unpaired) electrons. The van der Waals surface area contributed by atoms with Gasteiger partial charge in [0.1, 0.15) is 6.61 Å². The number of esters is 2. The first kappa shape index (κ1) is 51.3. The van der Waals surface area contributed by atoms with Crippen LogP contribution in [0.5, 0.6) is 0 Å². The highest BCUT2D eigenvalue weighted by Gasteiger charge is 2.16. The lowest BCUT2D eigenvalue weighted by atomic mass is 10.0. The molecule has 0 aromatic rings. The zero-order valence-electron chi connectivity index (χ0n) is 35.2. The first-order valence-electron chi connectivity index (χ1n) is 22.5. The summed E-state index contributed by atoms with van der Waals surface area (Å²) in [7, 11) is 0. The standard InChI is InChI=1S/C49H84O5/c1-3-5-7-9-11-13-15-16-17-18-19-20-21-22-23-24-25-26-27-28-29-30-31-32-34-36-38-40-42-44-49(52)54-47(45-50)46-53-48(51)43-41-39-37-35-33-14-12-10-8-6-4-2/h5,7,10-13,16-17,19-20,22-23,47,50H,3-4,6,8-9,14-15,18,21,24-46H2,1-2H3/b7-5-,12-10-,13-11-,17-16-,20-19-,23-22-. The van der Waals surface area contributed by atoms with Crippen LogP contribution < -0.4 is 0 Å². The van der Waals surface area contributed by atoms with Gasteiger partial charge in [0.25, 0.3) is 0 Å². The van der Waals surface area contributed by atoms with E-state index in [-0.39, 0.29) is 25.2 Å². The van der Waals surface area contributed by atoms with Crippen molar-refractivity contribution in [1.29, 1.82) is 0 Å². The highest BCUT2D eigenvalue weighted by Crippen LogP contribution is 2.14. The van der Waals surface area contributed by atoms with Crippen molar-refractivity contribution in [2.24, 2.45) is 0 Å². The summed E-state index contributed by atoms with van der Waals surface area (Å²) in [5.74, 6) is -0.605. The molecule has 1 atom stereocenters. The maximum atomic E-state index is 12.2. The fourth-order valence-electron chi connectivity index (χ4n) is 6.09. The van der Waals surface area contributed by atoms with Crippen LogP contribution in [0.4, 0.5) is 0 Å². The molecule has 0 saturated heterocycles. The van der Waals surface area contributed by atoms with Crippen LogP contribution in [-0.4, -0.2) is 36.4 Å². The number of unbranched alkanes of at least 4 members (excludes halogenated alkanes) is 20. The van der Waals surface area contributed by atoms with Gasteiger partial charge < -0.3 is 14.6 Å². The molecule has 5 nitrogen and oxygen atoms in total. The van der Waals surface area contributed by atoms with E-state index in [4.69, 9.17) is 9.47 Å². The molecule has 0 aliphatic rings. The summed E-state index contributed by atoms with van der Waals surface area (Å²) in [5, 5.41) is 9.57. The van der Waals surface area contributed by atoms with E-state index in [1.54, 1.807) is 0 Å². The Balaban J connectivity index is 3.51. The Hall–Kier alpha value is -2.66. The summed E-state index contributed by atoms with van der Waals surface area (Å²) < 4.78 is 10.6.